The van der Waals surface area contributed by atoms with E-state index < -0.39 is 0 Å². The van der Waals surface area contributed by atoms with Crippen LogP contribution in [0, 0.1) is 11.3 Å². The molecule has 2 aromatic rings. The maximum atomic E-state index is 12.7. The van der Waals surface area contributed by atoms with Gasteiger partial charge < -0.3 is 4.57 Å². The lowest BCUT2D eigenvalue weighted by Gasteiger charge is -2.20. The molecule has 1 aromatic carbocycles. The van der Waals surface area contributed by atoms with E-state index in [-0.39, 0.29) is 18.0 Å². The molecule has 0 saturated carbocycles. The summed E-state index contributed by atoms with van der Waals surface area (Å²) < 4.78 is 1.82. The Kier molecular flexibility index (Phi) is 4.34. The van der Waals surface area contributed by atoms with Crippen LogP contribution < -0.4 is 5.56 Å². The molecule has 3 rings (SSSR count). The van der Waals surface area contributed by atoms with Gasteiger partial charge in [-0.15, -0.1) is 0 Å². The van der Waals surface area contributed by atoms with E-state index in [9.17, 15) is 4.79 Å². The van der Waals surface area contributed by atoms with Crippen LogP contribution in [0.1, 0.15) is 49.4 Å². The first-order valence-electron chi connectivity index (χ1n) is 8.35. The zero-order valence-electron chi connectivity index (χ0n) is 13.8. The Morgan fingerprint density at radius 1 is 1.13 bits per heavy atom. The lowest BCUT2D eigenvalue weighted by atomic mass is 9.89. The van der Waals surface area contributed by atoms with Gasteiger partial charge >= 0.3 is 0 Å². The molecule has 0 bridgehead atoms. The van der Waals surface area contributed by atoms with Crippen LogP contribution in [-0.2, 0) is 19.3 Å². The molecule has 118 valence electrons. The van der Waals surface area contributed by atoms with E-state index in [0.717, 1.165) is 24.1 Å². The van der Waals surface area contributed by atoms with Gasteiger partial charge in [0.05, 0.1) is 18.2 Å². The molecule has 0 atom stereocenters. The van der Waals surface area contributed by atoms with Gasteiger partial charge in [-0.3, -0.25) is 4.79 Å². The maximum absolute atomic E-state index is 12.7. The predicted octanol–water partition coefficient (Wildman–Crippen LogP) is 4.04. The molecule has 23 heavy (non-hydrogen) atoms. The van der Waals surface area contributed by atoms with Gasteiger partial charge in [-0.05, 0) is 68.4 Å². The summed E-state index contributed by atoms with van der Waals surface area (Å²) in [5.74, 6) is 0. The summed E-state index contributed by atoms with van der Waals surface area (Å²) in [5, 5.41) is 8.89. The van der Waals surface area contributed by atoms with Gasteiger partial charge in [-0.2, -0.15) is 5.26 Å². The van der Waals surface area contributed by atoms with Crippen LogP contribution in [0.25, 0.3) is 11.3 Å². The normalized spacial score (nSPS) is 13.7. The number of aryl methyl sites for hydroxylation is 2. The van der Waals surface area contributed by atoms with Gasteiger partial charge in [0.1, 0.15) is 0 Å². The highest BCUT2D eigenvalue weighted by atomic mass is 16.1. The lowest BCUT2D eigenvalue weighted by molar-refractivity contribution is 0.581. The Morgan fingerprint density at radius 2 is 1.87 bits per heavy atom. The van der Waals surface area contributed by atoms with Gasteiger partial charge in [-0.1, -0.05) is 18.2 Å². The van der Waals surface area contributed by atoms with Gasteiger partial charge in [0.2, 0.25) is 0 Å². The van der Waals surface area contributed by atoms with Gasteiger partial charge in [0.15, 0.2) is 0 Å². The number of nitrogens with zero attached hydrogens (tertiary/aromatic N) is 2. The van der Waals surface area contributed by atoms with Crippen molar-refractivity contribution in [3.63, 3.8) is 0 Å². The van der Waals surface area contributed by atoms with Crippen LogP contribution in [0.15, 0.2) is 35.1 Å². The summed E-state index contributed by atoms with van der Waals surface area (Å²) >= 11 is 0. The summed E-state index contributed by atoms with van der Waals surface area (Å²) in [7, 11) is 0. The smallest absolute Gasteiger partial charge is 0.255 e. The number of benzene rings is 1. The second-order valence-corrected chi connectivity index (χ2v) is 6.54. The quantitative estimate of drug-likeness (QED) is 0.859. The SMILES string of the molecule is CC(C)n1c(-c2ccc3c(c2)CCCC3)ccc(CC#N)c1=O. The van der Waals surface area contributed by atoms with Crippen LogP contribution in [0.2, 0.25) is 0 Å². The number of fused-ring (bicyclic) bond motifs is 1. The maximum Gasteiger partial charge on any atom is 0.255 e. The topological polar surface area (TPSA) is 45.8 Å². The molecule has 3 nitrogen and oxygen atoms in total. The van der Waals surface area contributed by atoms with Crippen LogP contribution in [0.3, 0.4) is 0 Å². The minimum atomic E-state index is -0.0447. The number of rotatable bonds is 3. The molecule has 1 aliphatic rings. The minimum absolute atomic E-state index is 0.0447. The van der Waals surface area contributed by atoms with Gasteiger partial charge in [-0.25, -0.2) is 0 Å². The summed E-state index contributed by atoms with van der Waals surface area (Å²) in [4.78, 5) is 12.7. The molecule has 0 N–H and O–H groups in total. The molecule has 0 radical (unpaired) electrons. The Hall–Kier alpha value is -2.34. The molecule has 0 aliphatic heterocycles. The Bertz CT molecular complexity index is 825. The highest BCUT2D eigenvalue weighted by Gasteiger charge is 2.15. The van der Waals surface area contributed by atoms with Crippen molar-refractivity contribution in [2.24, 2.45) is 0 Å². The number of pyridine rings is 1. The van der Waals surface area contributed by atoms with Crippen molar-refractivity contribution in [2.75, 3.05) is 0 Å². The summed E-state index contributed by atoms with van der Waals surface area (Å²) in [5.41, 5.74) is 5.43. The molecule has 0 fully saturated rings. The van der Waals surface area contributed by atoms with E-state index in [0.29, 0.717) is 5.56 Å². The van der Waals surface area contributed by atoms with E-state index in [2.05, 4.69) is 24.3 Å². The van der Waals surface area contributed by atoms with Crippen LogP contribution in [0.4, 0.5) is 0 Å². The van der Waals surface area contributed by atoms with Crippen molar-refractivity contribution < 1.29 is 0 Å². The van der Waals surface area contributed by atoms with E-state index in [1.165, 1.54) is 24.0 Å². The molecule has 0 saturated heterocycles. The van der Waals surface area contributed by atoms with Crippen molar-refractivity contribution in [3.05, 3.63) is 57.4 Å². The Labute approximate surface area is 137 Å². The largest absolute Gasteiger partial charge is 0.306 e. The fraction of sp³-hybridized carbons (Fsp3) is 0.400. The molecule has 1 aliphatic carbocycles. The molecule has 0 unspecified atom stereocenters. The summed E-state index contributed by atoms with van der Waals surface area (Å²) in [6.45, 7) is 4.03. The van der Waals surface area contributed by atoms with Crippen molar-refractivity contribution in [1.29, 1.82) is 5.26 Å². The number of hydrogen-bond donors (Lipinski definition) is 0. The van der Waals surface area contributed by atoms with Crippen molar-refractivity contribution in [2.45, 2.75) is 52.0 Å². The third-order valence-corrected chi connectivity index (χ3v) is 4.63. The van der Waals surface area contributed by atoms with E-state index in [4.69, 9.17) is 5.26 Å². The fourth-order valence-electron chi connectivity index (χ4n) is 3.46. The second-order valence-electron chi connectivity index (χ2n) is 6.54. The average molecular weight is 306 g/mol. The standard InChI is InChI=1S/C20H22N2O/c1-14(2)22-19(10-9-16(11-12-21)20(22)23)18-8-7-15-5-3-4-6-17(15)13-18/h7-10,13-14H,3-6,11H2,1-2H3. The summed E-state index contributed by atoms with van der Waals surface area (Å²) in [6, 6.07) is 12.5. The van der Waals surface area contributed by atoms with Gasteiger partial charge in [0.25, 0.3) is 5.56 Å². The van der Waals surface area contributed by atoms with Crippen molar-refractivity contribution in [1.82, 2.24) is 4.57 Å². The minimum Gasteiger partial charge on any atom is -0.306 e. The number of hydrogen-bond acceptors (Lipinski definition) is 2. The molecule has 1 heterocycles. The van der Waals surface area contributed by atoms with Gasteiger partial charge in [0, 0.05) is 11.6 Å². The predicted molar refractivity (Wildman–Crippen MR) is 92.5 cm³/mol. The van der Waals surface area contributed by atoms with Crippen LogP contribution in [-0.4, -0.2) is 4.57 Å². The first-order chi connectivity index (χ1) is 11.1. The van der Waals surface area contributed by atoms with E-state index in [1.54, 1.807) is 6.07 Å². The highest BCUT2D eigenvalue weighted by molar-refractivity contribution is 5.62. The molecular formula is C20H22N2O. The molecule has 1 aromatic heterocycles. The summed E-state index contributed by atoms with van der Waals surface area (Å²) in [6.07, 6.45) is 4.96. The lowest BCUT2D eigenvalue weighted by Crippen LogP contribution is -2.26. The van der Waals surface area contributed by atoms with Crippen molar-refractivity contribution >= 4 is 0 Å². The zero-order valence-corrected chi connectivity index (χ0v) is 13.8. The van der Waals surface area contributed by atoms with E-state index >= 15 is 0 Å². The second kappa shape index (κ2) is 6.42. The molecule has 0 amide bonds. The van der Waals surface area contributed by atoms with Crippen molar-refractivity contribution in [3.8, 4) is 17.3 Å². The third kappa shape index (κ3) is 2.94. The monoisotopic (exact) mass is 306 g/mol. The fourth-order valence-corrected chi connectivity index (χ4v) is 3.46. The average Bonchev–Trinajstić information content (AvgIpc) is 2.56. The third-order valence-electron chi connectivity index (χ3n) is 4.63. The number of nitriles is 1. The Morgan fingerprint density at radius 3 is 2.57 bits per heavy atom. The van der Waals surface area contributed by atoms with Crippen LogP contribution in [0.5, 0.6) is 0 Å². The van der Waals surface area contributed by atoms with Crippen LogP contribution >= 0.6 is 0 Å². The highest BCUT2D eigenvalue weighted by Crippen LogP contribution is 2.28. The molecular weight excluding hydrogens is 284 g/mol. The zero-order chi connectivity index (χ0) is 16.4. The number of aromatic nitrogens is 1. The molecule has 3 heteroatoms. The van der Waals surface area contributed by atoms with E-state index in [1.807, 2.05) is 24.5 Å². The first-order valence-corrected chi connectivity index (χ1v) is 8.35. The first kappa shape index (κ1) is 15.6. The molecule has 0 spiro atoms. The Balaban J connectivity index is 2.14.